The lowest BCUT2D eigenvalue weighted by molar-refractivity contribution is 0.631. The maximum Gasteiger partial charge on any atom is 0.0468 e. The van der Waals surface area contributed by atoms with Crippen molar-refractivity contribution in [2.75, 3.05) is 0 Å². The van der Waals surface area contributed by atoms with E-state index in [1.54, 1.807) is 0 Å². The lowest BCUT2D eigenvalue weighted by Gasteiger charge is -2.18. The van der Waals surface area contributed by atoms with Crippen LogP contribution in [0.5, 0.6) is 0 Å². The van der Waals surface area contributed by atoms with E-state index in [9.17, 15) is 0 Å². The van der Waals surface area contributed by atoms with E-state index >= 15 is 0 Å². The summed E-state index contributed by atoms with van der Waals surface area (Å²) in [6.45, 7) is 14.6. The monoisotopic (exact) mass is 233 g/mol. The van der Waals surface area contributed by atoms with Crippen LogP contribution < -0.4 is 5.32 Å². The van der Waals surface area contributed by atoms with E-state index in [4.69, 9.17) is 0 Å². The van der Waals surface area contributed by atoms with Gasteiger partial charge in [0.1, 0.15) is 0 Å². The molecule has 1 unspecified atom stereocenters. The Bertz CT molecular complexity index is 288. The van der Waals surface area contributed by atoms with Gasteiger partial charge >= 0.3 is 0 Å². The smallest absolute Gasteiger partial charge is 0.0468 e. The highest BCUT2D eigenvalue weighted by Crippen LogP contribution is 2.24. The van der Waals surface area contributed by atoms with Gasteiger partial charge in [-0.1, -0.05) is 50.6 Å². The van der Waals surface area contributed by atoms with E-state index in [-0.39, 0.29) is 0 Å². The molecule has 1 aliphatic carbocycles. The van der Waals surface area contributed by atoms with E-state index < -0.39 is 0 Å². The lowest BCUT2D eigenvalue weighted by atomic mass is 10.0. The van der Waals surface area contributed by atoms with Crippen molar-refractivity contribution >= 4 is 0 Å². The third kappa shape index (κ3) is 5.25. The molecule has 96 valence electrons. The van der Waals surface area contributed by atoms with Crippen molar-refractivity contribution in [3.8, 4) is 0 Å². The van der Waals surface area contributed by atoms with Crippen molar-refractivity contribution < 1.29 is 0 Å². The highest BCUT2D eigenvalue weighted by Gasteiger charge is 2.18. The van der Waals surface area contributed by atoms with E-state index in [1.807, 2.05) is 0 Å². The van der Waals surface area contributed by atoms with Gasteiger partial charge in [-0.15, -0.1) is 0 Å². The molecule has 0 bridgehead atoms. The molecule has 1 atom stereocenters. The van der Waals surface area contributed by atoms with Crippen molar-refractivity contribution in [2.24, 2.45) is 0 Å². The molecule has 0 radical (unpaired) electrons. The van der Waals surface area contributed by atoms with Gasteiger partial charge in [-0.3, -0.25) is 0 Å². The minimum atomic E-state index is 0.464. The fourth-order valence-electron chi connectivity index (χ4n) is 2.40. The highest BCUT2D eigenvalue weighted by molar-refractivity contribution is 5.16. The molecule has 1 aliphatic rings. The first-order valence-electron chi connectivity index (χ1n) is 6.92. The Hall–Kier alpha value is -0.980. The Labute approximate surface area is 107 Å². The predicted molar refractivity (Wildman–Crippen MR) is 77.0 cm³/mol. The first-order chi connectivity index (χ1) is 8.13. The lowest BCUT2D eigenvalue weighted by Crippen LogP contribution is -2.26. The summed E-state index contributed by atoms with van der Waals surface area (Å²) in [6, 6.07) is 0.464. The van der Waals surface area contributed by atoms with E-state index in [0.717, 1.165) is 18.5 Å². The van der Waals surface area contributed by atoms with Crippen LogP contribution in [0.25, 0.3) is 0 Å². The molecule has 1 nitrogen and oxygen atoms in total. The van der Waals surface area contributed by atoms with Crippen LogP contribution in [0, 0.1) is 0 Å². The Morgan fingerprint density at radius 3 is 2.71 bits per heavy atom. The van der Waals surface area contributed by atoms with Crippen LogP contribution in [0.15, 0.2) is 36.6 Å². The molecule has 0 amide bonds. The summed E-state index contributed by atoms with van der Waals surface area (Å²) in [5, 5.41) is 3.50. The molecular weight excluding hydrogens is 206 g/mol. The van der Waals surface area contributed by atoms with Crippen LogP contribution >= 0.6 is 0 Å². The van der Waals surface area contributed by atoms with Crippen LogP contribution in [0.3, 0.4) is 0 Å². The third-order valence-corrected chi connectivity index (χ3v) is 3.46. The fourth-order valence-corrected chi connectivity index (χ4v) is 2.40. The first kappa shape index (κ1) is 14.1. The van der Waals surface area contributed by atoms with Gasteiger partial charge in [0.15, 0.2) is 0 Å². The van der Waals surface area contributed by atoms with Gasteiger partial charge in [0.25, 0.3) is 0 Å². The fraction of sp³-hybridized carbons (Fsp3) is 0.625. The van der Waals surface area contributed by atoms with Crippen molar-refractivity contribution in [1.29, 1.82) is 0 Å². The zero-order chi connectivity index (χ0) is 12.7. The Morgan fingerprint density at radius 2 is 2.12 bits per heavy atom. The van der Waals surface area contributed by atoms with Crippen LogP contribution in [0.2, 0.25) is 0 Å². The van der Waals surface area contributed by atoms with Crippen molar-refractivity contribution in [1.82, 2.24) is 5.32 Å². The second kappa shape index (κ2) is 7.37. The molecular formula is C16H27N. The molecule has 0 aliphatic heterocycles. The topological polar surface area (TPSA) is 12.0 Å². The predicted octanol–water partition coefficient (Wildman–Crippen LogP) is 4.73. The van der Waals surface area contributed by atoms with Crippen molar-refractivity contribution in [3.63, 3.8) is 0 Å². The third-order valence-electron chi connectivity index (χ3n) is 3.46. The van der Waals surface area contributed by atoms with Gasteiger partial charge < -0.3 is 5.32 Å². The van der Waals surface area contributed by atoms with Gasteiger partial charge in [0, 0.05) is 18.2 Å². The maximum absolute atomic E-state index is 4.14. The molecule has 1 rings (SSSR count). The maximum atomic E-state index is 4.14. The molecule has 1 N–H and O–H groups in total. The summed E-state index contributed by atoms with van der Waals surface area (Å²) in [7, 11) is 0. The largest absolute Gasteiger partial charge is 0.382 e. The Kier molecular flexibility index (Phi) is 6.10. The van der Waals surface area contributed by atoms with Gasteiger partial charge in [-0.25, -0.2) is 0 Å². The van der Waals surface area contributed by atoms with Gasteiger partial charge in [0.2, 0.25) is 0 Å². The van der Waals surface area contributed by atoms with Gasteiger partial charge in [-0.05, 0) is 32.1 Å². The summed E-state index contributed by atoms with van der Waals surface area (Å²) in [6.07, 6.45) is 9.54. The average molecular weight is 233 g/mol. The second-order valence-corrected chi connectivity index (χ2v) is 5.23. The van der Waals surface area contributed by atoms with E-state index in [1.165, 1.54) is 49.7 Å². The Balaban J connectivity index is 2.20. The number of unbranched alkanes of at least 4 members (excludes halogenated alkanes) is 2. The van der Waals surface area contributed by atoms with Gasteiger partial charge in [0.05, 0.1) is 0 Å². The van der Waals surface area contributed by atoms with Crippen molar-refractivity contribution in [2.45, 2.75) is 64.3 Å². The molecule has 1 fully saturated rings. The highest BCUT2D eigenvalue weighted by atomic mass is 14.9. The zero-order valence-electron chi connectivity index (χ0n) is 11.4. The SMILES string of the molecule is C=C(CCCCC)CC(=C)NC1CCCC1=C. The molecule has 17 heavy (non-hydrogen) atoms. The first-order valence-corrected chi connectivity index (χ1v) is 6.92. The van der Waals surface area contributed by atoms with E-state index in [0.29, 0.717) is 6.04 Å². The van der Waals surface area contributed by atoms with Crippen LogP contribution in [-0.2, 0) is 0 Å². The number of hydrogen-bond acceptors (Lipinski definition) is 1. The van der Waals surface area contributed by atoms with Crippen LogP contribution in [0.4, 0.5) is 0 Å². The van der Waals surface area contributed by atoms with Crippen molar-refractivity contribution in [3.05, 3.63) is 36.6 Å². The molecule has 1 heteroatoms. The normalized spacial score (nSPS) is 19.4. The molecule has 1 saturated carbocycles. The summed E-state index contributed by atoms with van der Waals surface area (Å²) in [5.74, 6) is 0. The molecule has 0 heterocycles. The average Bonchev–Trinajstić information content (AvgIpc) is 2.64. The standard InChI is InChI=1S/C16H27N/c1-5-6-7-9-13(2)12-15(4)17-16-11-8-10-14(16)3/h16-17H,2-12H2,1H3. The molecule has 0 aromatic carbocycles. The van der Waals surface area contributed by atoms with Gasteiger partial charge in [-0.2, -0.15) is 0 Å². The number of allylic oxidation sites excluding steroid dienone is 1. The number of nitrogens with one attached hydrogen (secondary N) is 1. The summed E-state index contributed by atoms with van der Waals surface area (Å²) < 4.78 is 0. The number of hydrogen-bond donors (Lipinski definition) is 1. The minimum Gasteiger partial charge on any atom is -0.382 e. The molecule has 0 aromatic heterocycles. The minimum absolute atomic E-state index is 0.464. The number of rotatable bonds is 8. The quantitative estimate of drug-likeness (QED) is 0.472. The Morgan fingerprint density at radius 1 is 1.35 bits per heavy atom. The summed E-state index contributed by atoms with van der Waals surface area (Å²) >= 11 is 0. The molecule has 0 aromatic rings. The molecule has 0 saturated heterocycles. The summed E-state index contributed by atoms with van der Waals surface area (Å²) in [4.78, 5) is 0. The zero-order valence-corrected chi connectivity index (χ0v) is 11.4. The second-order valence-electron chi connectivity index (χ2n) is 5.23. The van der Waals surface area contributed by atoms with Crippen LogP contribution in [0.1, 0.15) is 58.3 Å². The van der Waals surface area contributed by atoms with E-state index in [2.05, 4.69) is 32.0 Å². The summed E-state index contributed by atoms with van der Waals surface area (Å²) in [5.41, 5.74) is 3.75. The van der Waals surface area contributed by atoms with Crippen LogP contribution in [-0.4, -0.2) is 6.04 Å². The molecule has 0 spiro atoms.